The van der Waals surface area contributed by atoms with Crippen molar-refractivity contribution in [1.82, 2.24) is 4.90 Å². The highest BCUT2D eigenvalue weighted by molar-refractivity contribution is 5.73. The van der Waals surface area contributed by atoms with Crippen LogP contribution >= 0.6 is 0 Å². The van der Waals surface area contributed by atoms with Gasteiger partial charge in [0.2, 0.25) is 0 Å². The zero-order valence-electron chi connectivity index (χ0n) is 24.4. The van der Waals surface area contributed by atoms with Crippen molar-refractivity contribution in [2.24, 2.45) is 11.8 Å². The summed E-state index contributed by atoms with van der Waals surface area (Å²) in [4.78, 5) is 15.7. The van der Waals surface area contributed by atoms with Crippen molar-refractivity contribution >= 4 is 5.97 Å². The maximum absolute atomic E-state index is 13.3. The molecule has 0 amide bonds. The third-order valence-corrected chi connectivity index (χ3v) is 7.79. The molecule has 0 fully saturated rings. The number of carbonyl (C=O) groups is 1. The molecule has 0 saturated heterocycles. The summed E-state index contributed by atoms with van der Waals surface area (Å²) in [7, 11) is 0. The molecule has 0 bridgehead atoms. The van der Waals surface area contributed by atoms with E-state index >= 15 is 0 Å². The highest BCUT2D eigenvalue weighted by Gasteiger charge is 2.33. The minimum Gasteiger partial charge on any atom is -0.456 e. The van der Waals surface area contributed by atoms with Crippen LogP contribution in [-0.2, 0) is 22.6 Å². The molecule has 4 atom stereocenters. The van der Waals surface area contributed by atoms with Crippen LogP contribution in [0.4, 0.5) is 0 Å². The number of carbonyl (C=O) groups excluding carboxylic acids is 1. The van der Waals surface area contributed by atoms with E-state index in [1.54, 1.807) is 6.92 Å². The first-order valence-corrected chi connectivity index (χ1v) is 13.8. The van der Waals surface area contributed by atoms with E-state index in [1.807, 2.05) is 44.2 Å². The van der Waals surface area contributed by atoms with Crippen LogP contribution in [0.1, 0.15) is 72.7 Å². The minimum absolute atomic E-state index is 0.0322. The summed E-state index contributed by atoms with van der Waals surface area (Å²) in [6, 6.07) is 22.8. The molecule has 204 valence electrons. The number of aliphatic hydroxyl groups excluding tert-OH is 1. The largest absolute Gasteiger partial charge is 0.456 e. The molecule has 4 heteroatoms. The summed E-state index contributed by atoms with van der Waals surface area (Å²) < 4.78 is 6.26. The molecule has 0 saturated carbocycles. The van der Waals surface area contributed by atoms with Gasteiger partial charge in [-0.25, -0.2) is 0 Å². The van der Waals surface area contributed by atoms with E-state index in [1.165, 1.54) is 33.4 Å². The van der Waals surface area contributed by atoms with Gasteiger partial charge in [-0.2, -0.15) is 0 Å². The van der Waals surface area contributed by atoms with E-state index in [0.29, 0.717) is 0 Å². The second-order valence-corrected chi connectivity index (χ2v) is 11.2. The van der Waals surface area contributed by atoms with Gasteiger partial charge in [0.25, 0.3) is 0 Å². The van der Waals surface area contributed by atoms with Crippen LogP contribution in [0.25, 0.3) is 0 Å². The van der Waals surface area contributed by atoms with Crippen LogP contribution in [0.3, 0.4) is 0 Å². The highest BCUT2D eigenvalue weighted by atomic mass is 16.5. The molecule has 0 aliphatic rings. The zero-order chi connectivity index (χ0) is 28.0. The van der Waals surface area contributed by atoms with Gasteiger partial charge in [0.1, 0.15) is 6.10 Å². The summed E-state index contributed by atoms with van der Waals surface area (Å²) in [6.45, 7) is 17.8. The summed E-state index contributed by atoms with van der Waals surface area (Å²) in [5.41, 5.74) is 8.55. The van der Waals surface area contributed by atoms with Crippen molar-refractivity contribution in [3.05, 3.63) is 106 Å². The van der Waals surface area contributed by atoms with Crippen molar-refractivity contribution in [2.75, 3.05) is 0 Å². The van der Waals surface area contributed by atoms with E-state index in [0.717, 1.165) is 18.7 Å². The Morgan fingerprint density at radius 3 is 1.97 bits per heavy atom. The van der Waals surface area contributed by atoms with Crippen molar-refractivity contribution in [2.45, 2.75) is 86.7 Å². The average Bonchev–Trinajstić information content (AvgIpc) is 2.88. The van der Waals surface area contributed by atoms with Crippen molar-refractivity contribution in [3.8, 4) is 0 Å². The lowest BCUT2D eigenvalue weighted by Gasteiger charge is -2.36. The van der Waals surface area contributed by atoms with Crippen LogP contribution in [0.5, 0.6) is 0 Å². The van der Waals surface area contributed by atoms with Gasteiger partial charge >= 0.3 is 5.97 Å². The molecule has 0 spiro atoms. The second-order valence-electron chi connectivity index (χ2n) is 11.2. The number of ether oxygens (including phenoxy) is 1. The Morgan fingerprint density at radius 1 is 0.816 bits per heavy atom. The van der Waals surface area contributed by atoms with Gasteiger partial charge < -0.3 is 9.84 Å². The quantitative estimate of drug-likeness (QED) is 0.273. The Hall–Kier alpha value is -2.95. The summed E-state index contributed by atoms with van der Waals surface area (Å²) in [5.74, 6) is -1.01. The number of hydrogen-bond acceptors (Lipinski definition) is 4. The predicted molar refractivity (Wildman–Crippen MR) is 156 cm³/mol. The standard InChI is InChI=1S/C34H45NO3/c1-22(2)32(36)27(7)34(37)38-33(29-15-10-9-11-16-29)28(8)35(20-30-17-13-12-14-24(30)4)21-31-25(5)18-23(3)19-26(31)6/h9-19,22,27-28,32-33,36H,20-21H2,1-8H3/t27-,28+,32+,33+/m1/s1. The molecule has 3 rings (SSSR count). The van der Waals surface area contributed by atoms with Gasteiger partial charge in [-0.1, -0.05) is 86.1 Å². The van der Waals surface area contributed by atoms with E-state index in [4.69, 9.17) is 4.74 Å². The molecule has 0 aromatic heterocycles. The first-order chi connectivity index (χ1) is 18.0. The smallest absolute Gasteiger partial charge is 0.311 e. The Morgan fingerprint density at radius 2 is 1.39 bits per heavy atom. The summed E-state index contributed by atoms with van der Waals surface area (Å²) in [5, 5.41) is 10.6. The van der Waals surface area contributed by atoms with Crippen molar-refractivity contribution in [1.29, 1.82) is 0 Å². The Kier molecular flexibility index (Phi) is 10.3. The first kappa shape index (κ1) is 29.6. The minimum atomic E-state index is -0.754. The number of esters is 1. The fourth-order valence-corrected chi connectivity index (χ4v) is 5.24. The molecule has 38 heavy (non-hydrogen) atoms. The second kappa shape index (κ2) is 13.2. The van der Waals surface area contributed by atoms with E-state index in [-0.39, 0.29) is 17.9 Å². The summed E-state index contributed by atoms with van der Waals surface area (Å²) in [6.07, 6.45) is -1.24. The maximum atomic E-state index is 13.3. The third kappa shape index (κ3) is 7.33. The first-order valence-electron chi connectivity index (χ1n) is 13.8. The van der Waals surface area contributed by atoms with Crippen LogP contribution in [0.15, 0.2) is 66.7 Å². The molecule has 1 N–H and O–H groups in total. The third-order valence-electron chi connectivity index (χ3n) is 7.79. The summed E-state index contributed by atoms with van der Waals surface area (Å²) >= 11 is 0. The molecule has 0 heterocycles. The van der Waals surface area contributed by atoms with Gasteiger partial charge in [-0.15, -0.1) is 0 Å². The molecule has 4 nitrogen and oxygen atoms in total. The lowest BCUT2D eigenvalue weighted by Crippen LogP contribution is -2.40. The number of nitrogens with zero attached hydrogens (tertiary/aromatic N) is 1. The van der Waals surface area contributed by atoms with Crippen LogP contribution < -0.4 is 0 Å². The van der Waals surface area contributed by atoms with Gasteiger partial charge in [-0.05, 0) is 80.8 Å². The van der Waals surface area contributed by atoms with E-state index < -0.39 is 18.1 Å². The Bertz CT molecular complexity index is 1180. The van der Waals surface area contributed by atoms with Crippen LogP contribution in [0, 0.1) is 39.5 Å². The fraction of sp³-hybridized carbons (Fsp3) is 0.441. The van der Waals surface area contributed by atoms with Gasteiger partial charge in [-0.3, -0.25) is 9.69 Å². The van der Waals surface area contributed by atoms with E-state index in [9.17, 15) is 9.90 Å². The van der Waals surface area contributed by atoms with Gasteiger partial charge in [0.15, 0.2) is 0 Å². The molecule has 0 aliphatic heterocycles. The highest BCUT2D eigenvalue weighted by Crippen LogP contribution is 2.31. The lowest BCUT2D eigenvalue weighted by atomic mass is 9.94. The SMILES string of the molecule is Cc1cc(C)c(CN(Cc2ccccc2C)[C@@H](C)[C@H](OC(=O)[C@H](C)[C@@H](O)C(C)C)c2ccccc2)c(C)c1. The molecule has 0 radical (unpaired) electrons. The van der Waals surface area contributed by atoms with E-state index in [2.05, 4.69) is 75.9 Å². The zero-order valence-corrected chi connectivity index (χ0v) is 24.4. The number of benzene rings is 3. The monoisotopic (exact) mass is 515 g/mol. The number of aliphatic hydroxyl groups is 1. The maximum Gasteiger partial charge on any atom is 0.311 e. The van der Waals surface area contributed by atoms with Gasteiger partial charge in [0.05, 0.1) is 12.0 Å². The van der Waals surface area contributed by atoms with Crippen LogP contribution in [-0.4, -0.2) is 28.1 Å². The van der Waals surface area contributed by atoms with Crippen molar-refractivity contribution < 1.29 is 14.6 Å². The topological polar surface area (TPSA) is 49.8 Å². The molecular formula is C34H45NO3. The normalized spacial score (nSPS) is 14.8. The Labute approximate surface area is 229 Å². The average molecular weight is 516 g/mol. The number of hydrogen-bond donors (Lipinski definition) is 1. The Balaban J connectivity index is 2.02. The fourth-order valence-electron chi connectivity index (χ4n) is 5.24. The lowest BCUT2D eigenvalue weighted by molar-refractivity contribution is -0.162. The molecule has 3 aromatic carbocycles. The van der Waals surface area contributed by atoms with Crippen LogP contribution in [0.2, 0.25) is 0 Å². The van der Waals surface area contributed by atoms with Gasteiger partial charge in [0, 0.05) is 19.1 Å². The molecule has 0 unspecified atom stereocenters. The number of rotatable bonds is 11. The van der Waals surface area contributed by atoms with Crippen molar-refractivity contribution in [3.63, 3.8) is 0 Å². The molecule has 3 aromatic rings. The predicted octanol–water partition coefficient (Wildman–Crippen LogP) is 7.25. The molecular weight excluding hydrogens is 470 g/mol. The molecule has 0 aliphatic carbocycles. The number of aryl methyl sites for hydroxylation is 4.